The molecule has 7 N–H and O–H groups in total. The third-order valence-corrected chi connectivity index (χ3v) is 6.67. The minimum Gasteiger partial charge on any atom is -0.384 e. The minimum atomic E-state index is -0.491. The van der Waals surface area contributed by atoms with Gasteiger partial charge in [0.25, 0.3) is 0 Å². The van der Waals surface area contributed by atoms with E-state index in [0.29, 0.717) is 31.7 Å². The van der Waals surface area contributed by atoms with Crippen LogP contribution < -0.4 is 27.0 Å². The Morgan fingerprint density at radius 3 is 2.38 bits per heavy atom. The first kappa shape index (κ1) is 25.6. The molecule has 2 aliphatic rings. The van der Waals surface area contributed by atoms with Gasteiger partial charge in [-0.2, -0.15) is 0 Å². The van der Waals surface area contributed by atoms with Crippen LogP contribution in [0.4, 0.5) is 0 Å². The van der Waals surface area contributed by atoms with Crippen LogP contribution in [-0.4, -0.2) is 67.3 Å². The van der Waals surface area contributed by atoms with E-state index in [1.807, 2.05) is 12.1 Å². The number of rotatable bonds is 11. The zero-order valence-electron chi connectivity index (χ0n) is 19.9. The molecule has 1 saturated heterocycles. The minimum absolute atomic E-state index is 0.000140. The van der Waals surface area contributed by atoms with Crippen LogP contribution in [0.25, 0.3) is 0 Å². The van der Waals surface area contributed by atoms with Gasteiger partial charge >= 0.3 is 0 Å². The number of benzene rings is 1. The van der Waals surface area contributed by atoms with Crippen molar-refractivity contribution in [3.63, 3.8) is 0 Å². The summed E-state index contributed by atoms with van der Waals surface area (Å²) in [5.74, 6) is -0.270. The second-order valence-electron chi connectivity index (χ2n) is 9.05. The van der Waals surface area contributed by atoms with Crippen molar-refractivity contribution >= 4 is 23.6 Å². The average Bonchev–Trinajstić information content (AvgIpc) is 2.81. The summed E-state index contributed by atoms with van der Waals surface area (Å²) in [5.41, 5.74) is 7.00. The highest BCUT2D eigenvalue weighted by molar-refractivity contribution is 5.95. The maximum atomic E-state index is 13.4. The van der Waals surface area contributed by atoms with Crippen molar-refractivity contribution in [2.45, 2.75) is 57.2 Å². The highest BCUT2D eigenvalue weighted by Crippen LogP contribution is 2.29. The van der Waals surface area contributed by atoms with Gasteiger partial charge in [-0.1, -0.05) is 43.5 Å². The lowest BCUT2D eigenvalue weighted by Crippen LogP contribution is -2.63. The van der Waals surface area contributed by atoms with Gasteiger partial charge in [0.05, 0.1) is 19.3 Å². The van der Waals surface area contributed by atoms with Crippen LogP contribution in [-0.2, 0) is 20.9 Å². The van der Waals surface area contributed by atoms with Crippen LogP contribution in [0.1, 0.15) is 49.7 Å². The fourth-order valence-electron chi connectivity index (χ4n) is 4.59. The third kappa shape index (κ3) is 6.77. The largest absolute Gasteiger partial charge is 0.384 e. The van der Waals surface area contributed by atoms with Crippen molar-refractivity contribution in [3.05, 3.63) is 35.4 Å². The first-order chi connectivity index (χ1) is 16.4. The molecule has 0 bridgehead atoms. The van der Waals surface area contributed by atoms with E-state index in [1.54, 1.807) is 24.1 Å². The maximum absolute atomic E-state index is 13.4. The molecule has 0 aromatic heterocycles. The number of carbonyl (C=O) groups excluding carboxylic acids is 3. The smallest absolute Gasteiger partial charge is 0.243 e. The first-order valence-electron chi connectivity index (χ1n) is 12.1. The molecule has 3 amide bonds. The van der Waals surface area contributed by atoms with Crippen molar-refractivity contribution < 1.29 is 14.4 Å². The van der Waals surface area contributed by atoms with Gasteiger partial charge in [0, 0.05) is 18.7 Å². The van der Waals surface area contributed by atoms with Gasteiger partial charge in [0.2, 0.25) is 17.7 Å². The molecule has 1 aromatic rings. The molecule has 0 unspecified atom stereocenters. The Balaban J connectivity index is 1.57. The van der Waals surface area contributed by atoms with Gasteiger partial charge in [-0.15, -0.1) is 0 Å². The fourth-order valence-corrected chi connectivity index (χ4v) is 4.59. The Morgan fingerprint density at radius 1 is 1.09 bits per heavy atom. The van der Waals surface area contributed by atoms with Crippen molar-refractivity contribution in [1.29, 1.82) is 5.41 Å². The number of nitrogens with one attached hydrogen (secondary N) is 5. The van der Waals surface area contributed by atoms with E-state index in [4.69, 9.17) is 11.1 Å². The van der Waals surface area contributed by atoms with Crippen LogP contribution in [0, 0.1) is 11.3 Å². The fraction of sp³-hybridized carbons (Fsp3) is 0.583. The van der Waals surface area contributed by atoms with Crippen molar-refractivity contribution in [3.8, 4) is 0 Å². The number of amidine groups is 1. The number of amides is 3. The highest BCUT2D eigenvalue weighted by atomic mass is 16.2. The van der Waals surface area contributed by atoms with Gasteiger partial charge in [0.1, 0.15) is 11.9 Å². The Kier molecular flexibility index (Phi) is 9.41. The Bertz CT molecular complexity index is 868. The lowest BCUT2D eigenvalue weighted by atomic mass is 9.82. The monoisotopic (exact) mass is 471 g/mol. The van der Waals surface area contributed by atoms with Crippen LogP contribution in [0.15, 0.2) is 24.3 Å². The Labute approximate surface area is 200 Å². The van der Waals surface area contributed by atoms with Gasteiger partial charge in [-0.3, -0.25) is 25.1 Å². The van der Waals surface area contributed by atoms with E-state index in [2.05, 4.69) is 21.3 Å². The van der Waals surface area contributed by atoms with E-state index in [1.165, 1.54) is 6.42 Å². The van der Waals surface area contributed by atoms with Gasteiger partial charge in [-0.25, -0.2) is 0 Å². The normalized spacial score (nSPS) is 19.1. The van der Waals surface area contributed by atoms with Crippen LogP contribution in [0.2, 0.25) is 0 Å². The quantitative estimate of drug-likeness (QED) is 0.152. The topological polar surface area (TPSA) is 152 Å². The molecule has 2 fully saturated rings. The van der Waals surface area contributed by atoms with E-state index in [-0.39, 0.29) is 36.0 Å². The number of nitrogens with zero attached hydrogens (tertiary/aromatic N) is 1. The van der Waals surface area contributed by atoms with Crippen molar-refractivity contribution in [2.24, 2.45) is 11.7 Å². The van der Waals surface area contributed by atoms with Crippen LogP contribution in [0.5, 0.6) is 0 Å². The second kappa shape index (κ2) is 12.5. The van der Waals surface area contributed by atoms with Gasteiger partial charge < -0.3 is 26.6 Å². The summed E-state index contributed by atoms with van der Waals surface area (Å²) in [6.07, 6.45) is 5.84. The second-order valence-corrected chi connectivity index (χ2v) is 9.05. The standard InChI is InChI=1S/C24H37N7O3/c1-27-15-30-20(32)14-28-21(17-5-3-2-4-6-17)24(34)31-12-11-19(31)23(33)29-13-16-7-9-18(10-8-16)22(25)26/h7-10,17,19,21,27-28H,2-6,11-15H2,1H3,(H3,25,26)(H,29,33)(H,30,32)/t19-,21+/m1/s1. The van der Waals surface area contributed by atoms with E-state index >= 15 is 0 Å². The van der Waals surface area contributed by atoms with E-state index < -0.39 is 12.1 Å². The number of nitrogens with two attached hydrogens (primary N) is 1. The number of likely N-dealkylation sites (tertiary alicyclic amines) is 1. The molecule has 1 heterocycles. The number of carbonyl (C=O) groups is 3. The van der Waals surface area contributed by atoms with Gasteiger partial charge in [0.15, 0.2) is 0 Å². The summed E-state index contributed by atoms with van der Waals surface area (Å²) in [4.78, 5) is 40.0. The lowest BCUT2D eigenvalue weighted by molar-refractivity contribution is -0.150. The third-order valence-electron chi connectivity index (χ3n) is 6.67. The number of nitrogen functional groups attached to an aromatic ring is 1. The summed E-state index contributed by atoms with van der Waals surface area (Å²) < 4.78 is 0. The molecule has 186 valence electrons. The highest BCUT2D eigenvalue weighted by Gasteiger charge is 2.42. The first-order valence-corrected chi connectivity index (χ1v) is 12.1. The maximum Gasteiger partial charge on any atom is 0.243 e. The zero-order chi connectivity index (χ0) is 24.5. The van der Waals surface area contributed by atoms with E-state index in [9.17, 15) is 14.4 Å². The molecule has 0 radical (unpaired) electrons. The number of hydrogen-bond acceptors (Lipinski definition) is 6. The van der Waals surface area contributed by atoms with Crippen LogP contribution >= 0.6 is 0 Å². The Hall–Kier alpha value is -2.98. The molecule has 1 aliphatic carbocycles. The lowest BCUT2D eigenvalue weighted by Gasteiger charge is -2.43. The molecule has 1 aliphatic heterocycles. The van der Waals surface area contributed by atoms with Crippen molar-refractivity contribution in [1.82, 2.24) is 26.2 Å². The molecule has 10 heteroatoms. The molecule has 1 aromatic carbocycles. The predicted octanol–water partition coefficient (Wildman–Crippen LogP) is 0.0194. The number of hydrogen-bond donors (Lipinski definition) is 6. The molecule has 3 rings (SSSR count). The summed E-state index contributed by atoms with van der Waals surface area (Å²) in [6.45, 7) is 1.32. The summed E-state index contributed by atoms with van der Waals surface area (Å²) in [7, 11) is 1.75. The molecule has 10 nitrogen and oxygen atoms in total. The molecular formula is C24H37N7O3. The molecule has 0 spiro atoms. The van der Waals surface area contributed by atoms with Crippen LogP contribution in [0.3, 0.4) is 0 Å². The summed E-state index contributed by atoms with van der Waals surface area (Å²) >= 11 is 0. The predicted molar refractivity (Wildman–Crippen MR) is 130 cm³/mol. The molecular weight excluding hydrogens is 434 g/mol. The van der Waals surface area contributed by atoms with Gasteiger partial charge in [-0.05, 0) is 37.8 Å². The van der Waals surface area contributed by atoms with E-state index in [0.717, 1.165) is 31.2 Å². The Morgan fingerprint density at radius 2 is 1.79 bits per heavy atom. The summed E-state index contributed by atoms with van der Waals surface area (Å²) in [6, 6.07) is 6.18. The SMILES string of the molecule is CNCNC(=O)CN[C@H](C(=O)N1CC[C@@H]1C(=O)NCc1ccc(C(=N)N)cc1)C1CCCCC1. The molecule has 1 saturated carbocycles. The molecule has 34 heavy (non-hydrogen) atoms. The summed E-state index contributed by atoms with van der Waals surface area (Å²) in [5, 5.41) is 19.2. The zero-order valence-corrected chi connectivity index (χ0v) is 19.9. The average molecular weight is 472 g/mol. The van der Waals surface area contributed by atoms with Crippen molar-refractivity contribution in [2.75, 3.05) is 26.8 Å². The molecule has 2 atom stereocenters.